The smallest absolute Gasteiger partial charge is 0.192 e. The first-order valence-electron chi connectivity index (χ1n) is 12.2. The van der Waals surface area contributed by atoms with E-state index in [9.17, 15) is 0 Å². The molecule has 34 heavy (non-hydrogen) atoms. The maximum Gasteiger partial charge on any atom is 0.192 e. The van der Waals surface area contributed by atoms with E-state index < -0.39 is 8.32 Å². The van der Waals surface area contributed by atoms with E-state index in [1.165, 1.54) is 0 Å². The number of hydrogen-bond donors (Lipinski definition) is 0. The third-order valence-corrected chi connectivity index (χ3v) is 11.2. The molecule has 0 amide bonds. The first kappa shape index (κ1) is 28.3. The Kier molecular flexibility index (Phi) is 11.0. The maximum absolute atomic E-state index is 6.78. The van der Waals surface area contributed by atoms with Crippen molar-refractivity contribution >= 4 is 8.32 Å². The van der Waals surface area contributed by atoms with Crippen molar-refractivity contribution in [2.75, 3.05) is 7.11 Å². The van der Waals surface area contributed by atoms with Crippen LogP contribution in [-0.2, 0) is 27.1 Å². The molecule has 0 aliphatic carbocycles. The Morgan fingerprint density at radius 3 is 2.06 bits per heavy atom. The van der Waals surface area contributed by atoms with Gasteiger partial charge in [-0.2, -0.15) is 0 Å². The van der Waals surface area contributed by atoms with Crippen LogP contribution in [-0.4, -0.2) is 33.7 Å². The van der Waals surface area contributed by atoms with Gasteiger partial charge in [0.25, 0.3) is 0 Å². The standard InChI is InChI=1S/C29H44O4Si/c1-9-13-27(33-34(7,8)29(3,4)5)20-28(23(2)31-21-24-14-11-10-12-15-24)32-22-25-16-18-26(30-6)19-17-25/h9-12,14-19,23,27-28H,1,13,20-22H2,2-8H3/t23-,27-,28?/m1/s1. The maximum atomic E-state index is 6.78. The lowest BCUT2D eigenvalue weighted by Gasteiger charge is -2.40. The van der Waals surface area contributed by atoms with Crippen LogP contribution in [0.1, 0.15) is 51.7 Å². The van der Waals surface area contributed by atoms with Crippen molar-refractivity contribution in [3.63, 3.8) is 0 Å². The predicted octanol–water partition coefficient (Wildman–Crippen LogP) is 7.54. The molecule has 0 N–H and O–H groups in total. The third kappa shape index (κ3) is 9.03. The van der Waals surface area contributed by atoms with Crippen molar-refractivity contribution in [3.8, 4) is 5.75 Å². The van der Waals surface area contributed by atoms with Crippen molar-refractivity contribution in [1.29, 1.82) is 0 Å². The number of methoxy groups -OCH3 is 1. The van der Waals surface area contributed by atoms with Gasteiger partial charge in [0.05, 0.1) is 38.6 Å². The van der Waals surface area contributed by atoms with Gasteiger partial charge in [-0.15, -0.1) is 6.58 Å². The fourth-order valence-corrected chi connectivity index (χ4v) is 4.84. The van der Waals surface area contributed by atoms with Gasteiger partial charge in [0.15, 0.2) is 8.32 Å². The van der Waals surface area contributed by atoms with Crippen molar-refractivity contribution in [3.05, 3.63) is 78.4 Å². The molecule has 188 valence electrons. The highest BCUT2D eigenvalue weighted by molar-refractivity contribution is 6.74. The summed E-state index contributed by atoms with van der Waals surface area (Å²) >= 11 is 0. The second-order valence-corrected chi connectivity index (χ2v) is 15.2. The van der Waals surface area contributed by atoms with E-state index in [2.05, 4.69) is 59.5 Å². The van der Waals surface area contributed by atoms with E-state index in [1.54, 1.807) is 7.11 Å². The number of ether oxygens (including phenoxy) is 3. The van der Waals surface area contributed by atoms with Crippen LogP contribution >= 0.6 is 0 Å². The quantitative estimate of drug-likeness (QED) is 0.205. The highest BCUT2D eigenvalue weighted by atomic mass is 28.4. The summed E-state index contributed by atoms with van der Waals surface area (Å²) in [6, 6.07) is 18.3. The van der Waals surface area contributed by atoms with Gasteiger partial charge in [-0.05, 0) is 54.7 Å². The van der Waals surface area contributed by atoms with Crippen molar-refractivity contribution < 1.29 is 18.6 Å². The van der Waals surface area contributed by atoms with Crippen molar-refractivity contribution in [2.24, 2.45) is 0 Å². The Morgan fingerprint density at radius 2 is 1.50 bits per heavy atom. The van der Waals surface area contributed by atoms with Gasteiger partial charge >= 0.3 is 0 Å². The molecule has 1 unspecified atom stereocenters. The zero-order chi connectivity index (χ0) is 25.2. The van der Waals surface area contributed by atoms with Crippen molar-refractivity contribution in [2.45, 2.75) is 90.2 Å². The molecule has 0 spiro atoms. The van der Waals surface area contributed by atoms with E-state index in [1.807, 2.05) is 48.5 Å². The van der Waals surface area contributed by atoms with Crippen LogP contribution in [0.25, 0.3) is 0 Å². The molecule has 5 heteroatoms. The first-order valence-corrected chi connectivity index (χ1v) is 15.2. The fourth-order valence-electron chi connectivity index (χ4n) is 3.46. The molecule has 3 atom stereocenters. The largest absolute Gasteiger partial charge is 0.497 e. The number of benzene rings is 2. The van der Waals surface area contributed by atoms with E-state index in [0.717, 1.165) is 29.7 Å². The first-order chi connectivity index (χ1) is 16.1. The van der Waals surface area contributed by atoms with Crippen molar-refractivity contribution in [1.82, 2.24) is 0 Å². The minimum absolute atomic E-state index is 0.0436. The van der Waals surface area contributed by atoms with Gasteiger partial charge in [-0.3, -0.25) is 0 Å². The lowest BCUT2D eigenvalue weighted by Crippen LogP contribution is -2.45. The average molecular weight is 485 g/mol. The van der Waals surface area contributed by atoms with Gasteiger partial charge in [0, 0.05) is 6.42 Å². The number of rotatable bonds is 14. The van der Waals surface area contributed by atoms with Crippen LogP contribution < -0.4 is 4.74 Å². The summed E-state index contributed by atoms with van der Waals surface area (Å²) in [6.45, 7) is 18.6. The average Bonchev–Trinajstić information content (AvgIpc) is 2.80. The molecule has 0 fully saturated rings. The molecule has 0 aliphatic rings. The summed E-state index contributed by atoms with van der Waals surface area (Å²) in [5.41, 5.74) is 2.26. The third-order valence-electron chi connectivity index (χ3n) is 6.69. The van der Waals surface area contributed by atoms with Crippen LogP contribution in [0.15, 0.2) is 67.3 Å². The summed E-state index contributed by atoms with van der Waals surface area (Å²) < 4.78 is 24.8. The molecule has 0 bridgehead atoms. The minimum Gasteiger partial charge on any atom is -0.497 e. The van der Waals surface area contributed by atoms with E-state index in [4.69, 9.17) is 18.6 Å². The van der Waals surface area contributed by atoms with Gasteiger partial charge < -0.3 is 18.6 Å². The van der Waals surface area contributed by atoms with Gasteiger partial charge in [-0.1, -0.05) is 69.3 Å². The Hall–Kier alpha value is -1.92. The Bertz CT molecular complexity index is 843. The Morgan fingerprint density at radius 1 is 0.912 bits per heavy atom. The lowest BCUT2D eigenvalue weighted by molar-refractivity contribution is -0.0916. The lowest BCUT2D eigenvalue weighted by atomic mass is 10.0. The van der Waals surface area contributed by atoms with E-state index in [-0.39, 0.29) is 23.4 Å². The monoisotopic (exact) mass is 484 g/mol. The summed E-state index contributed by atoms with van der Waals surface area (Å²) in [6.07, 6.45) is 3.34. The van der Waals surface area contributed by atoms with Crippen LogP contribution in [0.2, 0.25) is 18.1 Å². The van der Waals surface area contributed by atoms with Crippen LogP contribution in [0.3, 0.4) is 0 Å². The van der Waals surface area contributed by atoms with Crippen LogP contribution in [0.4, 0.5) is 0 Å². The summed E-state index contributed by atoms with van der Waals surface area (Å²) in [5, 5.41) is 0.140. The van der Waals surface area contributed by atoms with Crippen LogP contribution in [0.5, 0.6) is 5.75 Å². The molecule has 2 aromatic rings. The Balaban J connectivity index is 2.13. The second-order valence-electron chi connectivity index (χ2n) is 10.5. The van der Waals surface area contributed by atoms with Gasteiger partial charge in [0.1, 0.15) is 5.75 Å². The molecular weight excluding hydrogens is 440 g/mol. The SMILES string of the molecule is C=CC[C@H](CC(OCc1ccc(OC)cc1)[C@@H](C)OCc1ccccc1)O[Si](C)(C)C(C)(C)C. The summed E-state index contributed by atoms with van der Waals surface area (Å²) in [5.74, 6) is 0.841. The molecule has 0 heterocycles. The molecule has 0 saturated heterocycles. The summed E-state index contributed by atoms with van der Waals surface area (Å²) in [7, 11) is -0.257. The van der Waals surface area contributed by atoms with E-state index >= 15 is 0 Å². The molecule has 0 saturated carbocycles. The summed E-state index contributed by atoms with van der Waals surface area (Å²) in [4.78, 5) is 0. The molecular formula is C29H44O4Si. The zero-order valence-corrected chi connectivity index (χ0v) is 23.2. The number of hydrogen-bond acceptors (Lipinski definition) is 4. The highest BCUT2D eigenvalue weighted by Gasteiger charge is 2.39. The molecule has 0 radical (unpaired) electrons. The predicted molar refractivity (Wildman–Crippen MR) is 144 cm³/mol. The van der Waals surface area contributed by atoms with Gasteiger partial charge in [0.2, 0.25) is 0 Å². The minimum atomic E-state index is -1.93. The Labute approximate surface area is 208 Å². The second kappa shape index (κ2) is 13.2. The van der Waals surface area contributed by atoms with E-state index in [0.29, 0.717) is 13.2 Å². The normalized spacial score (nSPS) is 14.9. The topological polar surface area (TPSA) is 36.9 Å². The van der Waals surface area contributed by atoms with Gasteiger partial charge in [-0.25, -0.2) is 0 Å². The highest BCUT2D eigenvalue weighted by Crippen LogP contribution is 2.38. The zero-order valence-electron chi connectivity index (χ0n) is 22.2. The van der Waals surface area contributed by atoms with Crippen LogP contribution in [0, 0.1) is 0 Å². The molecule has 0 aliphatic heterocycles. The molecule has 4 nitrogen and oxygen atoms in total. The molecule has 0 aromatic heterocycles. The molecule has 2 rings (SSSR count). The molecule has 2 aromatic carbocycles. The fraction of sp³-hybridized carbons (Fsp3) is 0.517.